The van der Waals surface area contributed by atoms with Crippen molar-refractivity contribution in [3.8, 4) is 0 Å². The van der Waals surface area contributed by atoms with E-state index in [1.165, 1.54) is 25.1 Å². The fraction of sp³-hybridized carbons (Fsp3) is 0.0909. The number of benzene rings is 1. The van der Waals surface area contributed by atoms with Crippen molar-refractivity contribution in [3.05, 3.63) is 36.9 Å². The third-order valence-corrected chi connectivity index (χ3v) is 4.36. The van der Waals surface area contributed by atoms with Crippen molar-refractivity contribution in [1.82, 2.24) is 0 Å². The number of hydrogen-bond donors (Lipinski definition) is 4. The number of hydrogen-bond acceptors (Lipinski definition) is 5. The van der Waals surface area contributed by atoms with Gasteiger partial charge in [0.15, 0.2) is 0 Å². The van der Waals surface area contributed by atoms with Crippen molar-refractivity contribution in [3.63, 3.8) is 0 Å². The number of anilines is 1. The standard InChI is InChI=1S/C8H10AsNO5.C3H4O2/c1-6(11)10-8-5-3-2-4-7(8)9(12,13)15-14;1-2-3(4)5/h2-5,14H,1H3,(H,10,11)(H,12,13);2H,1H2,(H,4,5). The van der Waals surface area contributed by atoms with Crippen LogP contribution in [0, 0.1) is 0 Å². The fourth-order valence-corrected chi connectivity index (χ4v) is 2.73. The number of para-hydroxylation sites is 1. The summed E-state index contributed by atoms with van der Waals surface area (Å²) in [6.07, 6.45) is 0.833. The molecule has 9 heteroatoms. The van der Waals surface area contributed by atoms with Gasteiger partial charge in [0, 0.05) is 6.08 Å². The second kappa shape index (κ2) is 8.34. The topological polar surface area (TPSA) is 133 Å². The summed E-state index contributed by atoms with van der Waals surface area (Å²) < 4.78 is 24.1. The van der Waals surface area contributed by atoms with Crippen LogP contribution in [0.5, 0.6) is 0 Å². The van der Waals surface area contributed by atoms with Gasteiger partial charge < -0.3 is 5.11 Å². The minimum atomic E-state index is -4.92. The van der Waals surface area contributed by atoms with Crippen molar-refractivity contribution >= 4 is 36.1 Å². The van der Waals surface area contributed by atoms with Crippen molar-refractivity contribution in [2.24, 2.45) is 0 Å². The summed E-state index contributed by atoms with van der Waals surface area (Å²) in [5, 5.41) is 18.3. The maximum atomic E-state index is 11.4. The summed E-state index contributed by atoms with van der Waals surface area (Å²) in [6, 6.07) is 5.84. The first-order valence-corrected chi connectivity index (χ1v) is 8.44. The number of carboxylic acids is 1. The number of nitrogens with one attached hydrogen (secondary N) is 1. The molecule has 0 saturated carbocycles. The van der Waals surface area contributed by atoms with E-state index in [0.29, 0.717) is 0 Å². The number of amides is 1. The molecule has 110 valence electrons. The van der Waals surface area contributed by atoms with Crippen LogP contribution in [-0.2, 0) is 17.2 Å². The summed E-state index contributed by atoms with van der Waals surface area (Å²) in [6.45, 7) is 4.23. The molecule has 0 radical (unpaired) electrons. The van der Waals surface area contributed by atoms with E-state index >= 15 is 0 Å². The van der Waals surface area contributed by atoms with Crippen LogP contribution in [0.2, 0.25) is 0 Å². The zero-order valence-corrected chi connectivity index (χ0v) is 12.4. The van der Waals surface area contributed by atoms with Crippen LogP contribution >= 0.6 is 0 Å². The molecule has 0 saturated heterocycles. The van der Waals surface area contributed by atoms with Gasteiger partial charge in [-0.1, -0.05) is 6.58 Å². The van der Waals surface area contributed by atoms with Gasteiger partial charge in [-0.05, 0) is 0 Å². The molecular formula is C11H14AsNO7. The third-order valence-electron chi connectivity index (χ3n) is 1.80. The molecule has 0 fully saturated rings. The minimum absolute atomic E-state index is 0.103. The zero-order valence-electron chi connectivity index (χ0n) is 10.5. The van der Waals surface area contributed by atoms with Crippen LogP contribution < -0.4 is 9.67 Å². The molecule has 8 nitrogen and oxygen atoms in total. The van der Waals surface area contributed by atoms with Crippen molar-refractivity contribution in [2.75, 3.05) is 5.32 Å². The zero-order chi connectivity index (χ0) is 15.8. The van der Waals surface area contributed by atoms with Crippen LogP contribution in [0.25, 0.3) is 0 Å². The van der Waals surface area contributed by atoms with Gasteiger partial charge in [0.25, 0.3) is 0 Å². The summed E-state index contributed by atoms with van der Waals surface area (Å²) in [4.78, 5) is 20.1. The van der Waals surface area contributed by atoms with Gasteiger partial charge >= 0.3 is 94.4 Å². The molecule has 0 bridgehead atoms. The molecule has 4 N–H and O–H groups in total. The molecule has 0 aliphatic carbocycles. The number of carbonyl (C=O) groups excluding carboxylic acids is 1. The Morgan fingerprint density at radius 2 is 1.90 bits per heavy atom. The Morgan fingerprint density at radius 1 is 1.40 bits per heavy atom. The Bertz CT molecular complexity index is 543. The normalized spacial score (nSPS) is 12.3. The Hall–Kier alpha value is -1.86. The van der Waals surface area contributed by atoms with E-state index in [0.717, 1.165) is 6.08 Å². The molecule has 0 aliphatic heterocycles. The Kier molecular flexibility index (Phi) is 7.56. The number of carboxylic acid groups (broad SMARTS) is 1. The van der Waals surface area contributed by atoms with E-state index in [2.05, 4.69) is 15.8 Å². The van der Waals surface area contributed by atoms with Gasteiger partial charge in [-0.3, -0.25) is 0 Å². The molecule has 0 heterocycles. The number of rotatable bonds is 4. The molecule has 1 amide bonds. The molecule has 1 rings (SSSR count). The Morgan fingerprint density at radius 3 is 2.30 bits per heavy atom. The van der Waals surface area contributed by atoms with Crippen molar-refractivity contribution in [1.29, 1.82) is 0 Å². The van der Waals surface area contributed by atoms with Crippen molar-refractivity contribution < 1.29 is 31.7 Å². The Labute approximate surface area is 117 Å². The summed E-state index contributed by atoms with van der Waals surface area (Å²) in [5.41, 5.74) is 0.157. The fourth-order valence-electron chi connectivity index (χ4n) is 1.06. The first kappa shape index (κ1) is 18.1. The molecule has 0 aromatic heterocycles. The summed E-state index contributed by atoms with van der Waals surface area (Å²) >= 11 is -4.92. The molecule has 0 aliphatic rings. The van der Waals surface area contributed by atoms with Gasteiger partial charge in [-0.15, -0.1) is 0 Å². The van der Waals surface area contributed by atoms with Gasteiger partial charge in [0.05, 0.1) is 0 Å². The average Bonchev–Trinajstić information content (AvgIpc) is 2.39. The van der Waals surface area contributed by atoms with E-state index in [-0.39, 0.29) is 15.9 Å². The molecule has 1 unspecified atom stereocenters. The molecule has 1 atom stereocenters. The summed E-state index contributed by atoms with van der Waals surface area (Å²) in [5.74, 6) is -1.36. The SMILES string of the molecule is C=CC(=O)O.CC(=O)Nc1ccccc1[As](=O)(O)OO. The van der Waals surface area contributed by atoms with Crippen LogP contribution in [0.4, 0.5) is 5.69 Å². The van der Waals surface area contributed by atoms with E-state index in [1.807, 2.05) is 0 Å². The number of carbonyl (C=O) groups is 2. The van der Waals surface area contributed by atoms with Crippen LogP contribution in [0.3, 0.4) is 0 Å². The predicted octanol–water partition coefficient (Wildman–Crippen LogP) is -0.0397. The van der Waals surface area contributed by atoms with Crippen LogP contribution in [0.1, 0.15) is 6.92 Å². The van der Waals surface area contributed by atoms with Gasteiger partial charge in [-0.2, -0.15) is 0 Å². The second-order valence-corrected chi connectivity index (χ2v) is 6.88. The van der Waals surface area contributed by atoms with Crippen molar-refractivity contribution in [2.45, 2.75) is 6.92 Å². The summed E-state index contributed by atoms with van der Waals surface area (Å²) in [7, 11) is 0. The molecule has 1 aromatic carbocycles. The van der Waals surface area contributed by atoms with Crippen LogP contribution in [0.15, 0.2) is 36.9 Å². The predicted molar refractivity (Wildman–Crippen MR) is 70.6 cm³/mol. The molecule has 1 aromatic rings. The first-order chi connectivity index (χ1) is 9.24. The first-order valence-electron chi connectivity index (χ1n) is 5.13. The van der Waals surface area contributed by atoms with Gasteiger partial charge in [0.1, 0.15) is 0 Å². The molecule has 20 heavy (non-hydrogen) atoms. The maximum absolute atomic E-state index is 11.4. The molecule has 0 spiro atoms. The second-order valence-electron chi connectivity index (χ2n) is 3.34. The van der Waals surface area contributed by atoms with Gasteiger partial charge in [0.2, 0.25) is 0 Å². The van der Waals surface area contributed by atoms with E-state index in [1.54, 1.807) is 6.07 Å². The van der Waals surface area contributed by atoms with E-state index in [4.69, 9.17) is 10.4 Å². The third kappa shape index (κ3) is 6.35. The van der Waals surface area contributed by atoms with Gasteiger partial charge in [-0.25, -0.2) is 4.79 Å². The molecular weight excluding hydrogens is 333 g/mol. The monoisotopic (exact) mass is 347 g/mol. The Balaban J connectivity index is 0.000000621. The van der Waals surface area contributed by atoms with E-state index < -0.39 is 20.1 Å². The average molecular weight is 347 g/mol. The quantitative estimate of drug-likeness (QED) is 0.260. The van der Waals surface area contributed by atoms with E-state index in [9.17, 15) is 17.4 Å². The van der Waals surface area contributed by atoms with Crippen LogP contribution in [-0.4, -0.2) is 40.5 Å². The number of aliphatic carboxylic acids is 1.